The molecule has 0 aromatic heterocycles. The first-order valence-corrected chi connectivity index (χ1v) is 13.2. The highest BCUT2D eigenvalue weighted by molar-refractivity contribution is 5.16. The van der Waals surface area contributed by atoms with Crippen LogP contribution in [0.5, 0.6) is 0 Å². The van der Waals surface area contributed by atoms with Gasteiger partial charge in [0.25, 0.3) is 0 Å². The Kier molecular flexibility index (Phi) is 6.62. The van der Waals surface area contributed by atoms with Crippen molar-refractivity contribution in [2.24, 2.45) is 52.3 Å². The van der Waals surface area contributed by atoms with E-state index in [4.69, 9.17) is 0 Å². The van der Waals surface area contributed by atoms with Crippen molar-refractivity contribution in [3.8, 4) is 0 Å². The highest BCUT2D eigenvalue weighted by atomic mass is 16.3. The molecule has 12 atom stereocenters. The second-order valence-electron chi connectivity index (χ2n) is 13.0. The lowest BCUT2D eigenvalue weighted by Crippen LogP contribution is -2.60. The molecule has 0 spiro atoms. The molecular weight excluding hydrogens is 388 g/mol. The van der Waals surface area contributed by atoms with Gasteiger partial charge >= 0.3 is 0 Å². The number of rotatable bonds is 5. The smallest absolute Gasteiger partial charge is 0.0839 e. The maximum atomic E-state index is 11.4. The van der Waals surface area contributed by atoms with Crippen LogP contribution >= 0.6 is 0 Å². The van der Waals surface area contributed by atoms with Crippen LogP contribution in [0.1, 0.15) is 92.4 Å². The van der Waals surface area contributed by atoms with Crippen LogP contribution in [0.3, 0.4) is 0 Å². The summed E-state index contributed by atoms with van der Waals surface area (Å²) in [6.45, 7) is 11.5. The summed E-state index contributed by atoms with van der Waals surface area (Å²) in [6.07, 6.45) is 6.92. The van der Waals surface area contributed by atoms with E-state index in [1.807, 2.05) is 0 Å². The number of aliphatic hydroxyl groups is 4. The van der Waals surface area contributed by atoms with Crippen LogP contribution in [-0.4, -0.2) is 44.8 Å². The van der Waals surface area contributed by atoms with Crippen molar-refractivity contribution in [3.63, 3.8) is 0 Å². The number of hydrogen-bond donors (Lipinski definition) is 4. The highest BCUT2D eigenvalue weighted by Gasteiger charge is 2.67. The molecule has 0 aromatic rings. The minimum atomic E-state index is -0.737. The zero-order valence-electron chi connectivity index (χ0n) is 20.5. The third-order valence-electron chi connectivity index (χ3n) is 10.9. The quantitative estimate of drug-likeness (QED) is 0.515. The molecule has 0 heterocycles. The van der Waals surface area contributed by atoms with Crippen LogP contribution in [0.25, 0.3) is 0 Å². The Balaban J connectivity index is 1.59. The van der Waals surface area contributed by atoms with Gasteiger partial charge in [0.05, 0.1) is 24.4 Å². The fraction of sp³-hybridized carbons (Fsp3) is 1.00. The predicted molar refractivity (Wildman–Crippen MR) is 123 cm³/mol. The number of aliphatic hydroxyl groups excluding tert-OH is 4. The molecule has 4 nitrogen and oxygen atoms in total. The van der Waals surface area contributed by atoms with Crippen molar-refractivity contribution in [2.45, 2.75) is 117 Å². The molecule has 4 aliphatic carbocycles. The van der Waals surface area contributed by atoms with Gasteiger partial charge in [-0.2, -0.15) is 0 Å². The molecule has 0 aliphatic heterocycles. The monoisotopic (exact) mass is 436 g/mol. The fourth-order valence-electron chi connectivity index (χ4n) is 9.33. The molecule has 0 aromatic carbocycles. The van der Waals surface area contributed by atoms with Crippen molar-refractivity contribution in [3.05, 3.63) is 0 Å². The summed E-state index contributed by atoms with van der Waals surface area (Å²) >= 11 is 0. The summed E-state index contributed by atoms with van der Waals surface area (Å²) in [5, 5.41) is 44.3. The molecule has 4 fully saturated rings. The molecule has 4 N–H and O–H groups in total. The molecule has 0 bridgehead atoms. The second-order valence-corrected chi connectivity index (χ2v) is 13.0. The maximum Gasteiger partial charge on any atom is 0.0839 e. The molecule has 4 rings (SSSR count). The van der Waals surface area contributed by atoms with Gasteiger partial charge in [-0.15, -0.1) is 0 Å². The molecular formula is C27H48O4. The van der Waals surface area contributed by atoms with Gasteiger partial charge in [-0.05, 0) is 90.8 Å². The van der Waals surface area contributed by atoms with Crippen LogP contribution in [0.2, 0.25) is 0 Å². The Bertz CT molecular complexity index is 637. The van der Waals surface area contributed by atoms with Crippen LogP contribution in [0.15, 0.2) is 0 Å². The predicted octanol–water partition coefficient (Wildman–Crippen LogP) is 4.38. The topological polar surface area (TPSA) is 80.9 Å². The highest BCUT2D eigenvalue weighted by Crippen LogP contribution is 2.68. The van der Waals surface area contributed by atoms with E-state index >= 15 is 0 Å². The average molecular weight is 437 g/mol. The average Bonchev–Trinajstić information content (AvgIpc) is 2.89. The second kappa shape index (κ2) is 8.56. The van der Waals surface area contributed by atoms with Crippen LogP contribution in [0, 0.1) is 52.3 Å². The van der Waals surface area contributed by atoms with Crippen molar-refractivity contribution in [2.75, 3.05) is 0 Å². The van der Waals surface area contributed by atoms with Gasteiger partial charge in [0.2, 0.25) is 0 Å². The SMILES string of the molecule is CC(C)CCC[C@@H](C)C1C(O)C(O)[C@H]2C3[C@H](O)C[C@@H]4C[C@H](O)CC[C@]4(C)[C@H]3CC[C@]12C. The zero-order valence-corrected chi connectivity index (χ0v) is 20.5. The molecule has 4 saturated carbocycles. The minimum absolute atomic E-state index is 0.0292. The third kappa shape index (κ3) is 3.82. The lowest BCUT2D eigenvalue weighted by atomic mass is 9.43. The van der Waals surface area contributed by atoms with Crippen molar-refractivity contribution in [1.29, 1.82) is 0 Å². The molecule has 180 valence electrons. The van der Waals surface area contributed by atoms with Gasteiger partial charge in [-0.3, -0.25) is 0 Å². The van der Waals surface area contributed by atoms with Gasteiger partial charge in [-0.1, -0.05) is 53.9 Å². The minimum Gasteiger partial charge on any atom is -0.393 e. The van der Waals surface area contributed by atoms with Gasteiger partial charge in [0, 0.05) is 0 Å². The Labute approximate surface area is 189 Å². The lowest BCUT2D eigenvalue weighted by Gasteiger charge is -2.62. The van der Waals surface area contributed by atoms with E-state index in [0.717, 1.165) is 44.9 Å². The van der Waals surface area contributed by atoms with Crippen LogP contribution in [-0.2, 0) is 0 Å². The molecule has 4 aliphatic rings. The van der Waals surface area contributed by atoms with Crippen LogP contribution in [0.4, 0.5) is 0 Å². The van der Waals surface area contributed by atoms with Gasteiger partial charge in [0.1, 0.15) is 0 Å². The standard InChI is InChI=1S/C27H48O4/c1-15(2)7-6-8-16(3)22-24(30)25(31)23-21-19(10-12-27(22,23)5)26(4)11-9-18(28)13-17(26)14-20(21)29/h15-25,28-31H,6-14H2,1-5H3/t16-,17+,18-,19+,20-,21?,22?,23-,24?,25?,26+,27-/m1/s1. The molecule has 0 radical (unpaired) electrons. The summed E-state index contributed by atoms with van der Waals surface area (Å²) in [7, 11) is 0. The van der Waals surface area contributed by atoms with Crippen molar-refractivity contribution < 1.29 is 20.4 Å². The van der Waals surface area contributed by atoms with E-state index in [1.54, 1.807) is 0 Å². The van der Waals surface area contributed by atoms with Gasteiger partial charge in [-0.25, -0.2) is 0 Å². The molecule has 0 saturated heterocycles. The first kappa shape index (κ1) is 24.0. The Morgan fingerprint density at radius 2 is 1.52 bits per heavy atom. The Hall–Kier alpha value is -0.160. The largest absolute Gasteiger partial charge is 0.393 e. The molecule has 4 unspecified atom stereocenters. The lowest BCUT2D eigenvalue weighted by molar-refractivity contribution is -0.185. The van der Waals surface area contributed by atoms with E-state index in [1.165, 1.54) is 12.8 Å². The first-order chi connectivity index (χ1) is 14.5. The van der Waals surface area contributed by atoms with E-state index < -0.39 is 18.3 Å². The molecule has 31 heavy (non-hydrogen) atoms. The van der Waals surface area contributed by atoms with E-state index in [2.05, 4.69) is 34.6 Å². The van der Waals surface area contributed by atoms with E-state index in [0.29, 0.717) is 23.7 Å². The van der Waals surface area contributed by atoms with Crippen LogP contribution < -0.4 is 0 Å². The van der Waals surface area contributed by atoms with E-state index in [-0.39, 0.29) is 34.7 Å². The summed E-state index contributed by atoms with van der Waals surface area (Å²) in [6, 6.07) is 0. The molecule has 4 heteroatoms. The third-order valence-corrected chi connectivity index (χ3v) is 10.9. The van der Waals surface area contributed by atoms with E-state index in [9.17, 15) is 20.4 Å². The molecule has 0 amide bonds. The fourth-order valence-corrected chi connectivity index (χ4v) is 9.33. The van der Waals surface area contributed by atoms with Crippen molar-refractivity contribution >= 4 is 0 Å². The Morgan fingerprint density at radius 3 is 2.19 bits per heavy atom. The maximum absolute atomic E-state index is 11.4. The number of fused-ring (bicyclic) bond motifs is 5. The summed E-state index contributed by atoms with van der Waals surface area (Å²) in [5.74, 6) is 1.96. The Morgan fingerprint density at radius 1 is 0.839 bits per heavy atom. The summed E-state index contributed by atoms with van der Waals surface area (Å²) < 4.78 is 0. The normalized spacial score (nSPS) is 53.0. The van der Waals surface area contributed by atoms with Crippen molar-refractivity contribution in [1.82, 2.24) is 0 Å². The first-order valence-electron chi connectivity index (χ1n) is 13.2. The summed E-state index contributed by atoms with van der Waals surface area (Å²) in [5.41, 5.74) is 0.0195. The van der Waals surface area contributed by atoms with Gasteiger partial charge in [0.15, 0.2) is 0 Å². The number of hydrogen-bond acceptors (Lipinski definition) is 4. The zero-order chi connectivity index (χ0) is 22.7. The summed E-state index contributed by atoms with van der Waals surface area (Å²) in [4.78, 5) is 0. The van der Waals surface area contributed by atoms with Gasteiger partial charge < -0.3 is 20.4 Å².